The number of hydrogen-bond acceptors (Lipinski definition) is 3. The molecule has 0 aliphatic carbocycles. The summed E-state index contributed by atoms with van der Waals surface area (Å²) in [5.41, 5.74) is 7.31. The van der Waals surface area contributed by atoms with Gasteiger partial charge in [-0.3, -0.25) is 4.79 Å². The lowest BCUT2D eigenvalue weighted by Crippen LogP contribution is -2.38. The van der Waals surface area contributed by atoms with E-state index in [-0.39, 0.29) is 6.54 Å². The zero-order valence-electron chi connectivity index (χ0n) is 8.73. The van der Waals surface area contributed by atoms with Gasteiger partial charge in [0, 0.05) is 13.1 Å². The molecule has 0 spiro atoms. The first-order valence-corrected chi connectivity index (χ1v) is 4.85. The smallest absolute Gasteiger partial charge is 0.250 e. The van der Waals surface area contributed by atoms with Gasteiger partial charge in [0.1, 0.15) is 6.10 Å². The van der Waals surface area contributed by atoms with Gasteiger partial charge in [-0.2, -0.15) is 0 Å². The Morgan fingerprint density at radius 1 is 1.53 bits per heavy atom. The maximum absolute atomic E-state index is 11.2. The topological polar surface area (TPSA) is 75.3 Å². The van der Waals surface area contributed by atoms with Crippen LogP contribution in [0.1, 0.15) is 11.1 Å². The van der Waals surface area contributed by atoms with Gasteiger partial charge in [-0.05, 0) is 18.1 Å². The maximum Gasteiger partial charge on any atom is 0.250 e. The van der Waals surface area contributed by atoms with Gasteiger partial charge in [-0.25, -0.2) is 0 Å². The largest absolute Gasteiger partial charge is 0.382 e. The van der Waals surface area contributed by atoms with Crippen molar-refractivity contribution in [3.8, 4) is 0 Å². The molecule has 0 saturated heterocycles. The first kappa shape index (κ1) is 11.7. The number of amides is 1. The van der Waals surface area contributed by atoms with E-state index >= 15 is 0 Å². The van der Waals surface area contributed by atoms with Crippen molar-refractivity contribution in [3.05, 3.63) is 35.4 Å². The molecule has 1 unspecified atom stereocenters. The summed E-state index contributed by atoms with van der Waals surface area (Å²) in [5.74, 6) is -0.430. The fraction of sp³-hybridized carbons (Fsp3) is 0.364. The van der Waals surface area contributed by atoms with Crippen LogP contribution in [0.15, 0.2) is 24.3 Å². The van der Waals surface area contributed by atoms with Crippen LogP contribution in [0, 0.1) is 6.92 Å². The molecular formula is C11H16N2O2. The molecule has 0 aromatic heterocycles. The number of benzene rings is 1. The second-order valence-corrected chi connectivity index (χ2v) is 3.40. The minimum atomic E-state index is -1.12. The van der Waals surface area contributed by atoms with E-state index in [0.717, 1.165) is 11.1 Å². The van der Waals surface area contributed by atoms with Gasteiger partial charge >= 0.3 is 0 Å². The Morgan fingerprint density at radius 3 is 2.80 bits per heavy atom. The Balaban J connectivity index is 2.51. The fourth-order valence-corrected chi connectivity index (χ4v) is 1.22. The monoisotopic (exact) mass is 208 g/mol. The number of hydrogen-bond donors (Lipinski definition) is 3. The first-order chi connectivity index (χ1) is 7.15. The summed E-state index contributed by atoms with van der Waals surface area (Å²) in [7, 11) is 0. The van der Waals surface area contributed by atoms with Gasteiger partial charge in [0.05, 0.1) is 0 Å². The van der Waals surface area contributed by atoms with E-state index in [2.05, 4.69) is 5.32 Å². The molecule has 1 rings (SSSR count). The molecule has 0 bridgehead atoms. The van der Waals surface area contributed by atoms with Crippen LogP contribution in [0.25, 0.3) is 0 Å². The Labute approximate surface area is 89.1 Å². The summed E-state index contributed by atoms with van der Waals surface area (Å²) in [6, 6.07) is 7.76. The minimum Gasteiger partial charge on any atom is -0.382 e. The minimum absolute atomic E-state index is 0.0559. The van der Waals surface area contributed by atoms with Crippen molar-refractivity contribution in [1.29, 1.82) is 0 Å². The Kier molecular flexibility index (Phi) is 4.27. The number of aryl methyl sites for hydroxylation is 1. The van der Waals surface area contributed by atoms with Crippen LogP contribution < -0.4 is 11.1 Å². The van der Waals surface area contributed by atoms with Crippen LogP contribution in [0.4, 0.5) is 0 Å². The van der Waals surface area contributed by atoms with Gasteiger partial charge in [-0.15, -0.1) is 0 Å². The molecule has 4 nitrogen and oxygen atoms in total. The van der Waals surface area contributed by atoms with Crippen molar-refractivity contribution >= 4 is 5.91 Å². The molecule has 0 fully saturated rings. The van der Waals surface area contributed by atoms with Crippen molar-refractivity contribution in [2.45, 2.75) is 19.6 Å². The van der Waals surface area contributed by atoms with Gasteiger partial charge in [0.2, 0.25) is 5.91 Å². The van der Waals surface area contributed by atoms with Crippen LogP contribution >= 0.6 is 0 Å². The number of rotatable bonds is 4. The van der Waals surface area contributed by atoms with Crippen LogP contribution in [0.2, 0.25) is 0 Å². The van der Waals surface area contributed by atoms with E-state index in [0.29, 0.717) is 6.54 Å². The van der Waals surface area contributed by atoms with Gasteiger partial charge in [-0.1, -0.05) is 24.3 Å². The Hall–Kier alpha value is -1.39. The molecule has 0 aliphatic heterocycles. The van der Waals surface area contributed by atoms with E-state index in [9.17, 15) is 4.79 Å². The summed E-state index contributed by atoms with van der Waals surface area (Å²) in [6.07, 6.45) is -1.12. The average molecular weight is 208 g/mol. The van der Waals surface area contributed by atoms with Crippen LogP contribution in [0.5, 0.6) is 0 Å². The van der Waals surface area contributed by atoms with Crippen LogP contribution in [-0.4, -0.2) is 23.7 Å². The lowest BCUT2D eigenvalue weighted by molar-refractivity contribution is -0.128. The molecule has 4 N–H and O–H groups in total. The fourth-order valence-electron chi connectivity index (χ4n) is 1.22. The van der Waals surface area contributed by atoms with E-state index in [4.69, 9.17) is 10.8 Å². The van der Waals surface area contributed by atoms with Gasteiger partial charge < -0.3 is 16.2 Å². The summed E-state index contributed by atoms with van der Waals surface area (Å²) >= 11 is 0. The third-order valence-electron chi connectivity index (χ3n) is 2.24. The summed E-state index contributed by atoms with van der Waals surface area (Å²) < 4.78 is 0. The molecule has 0 saturated carbocycles. The standard InChI is InChI=1S/C11H16N2O2/c1-8-4-2-3-5-9(8)7-13-11(15)10(14)6-12/h2-5,10,14H,6-7,12H2,1H3,(H,13,15). The molecule has 0 heterocycles. The number of nitrogens with two attached hydrogens (primary N) is 1. The average Bonchev–Trinajstić information content (AvgIpc) is 2.26. The number of aliphatic hydroxyl groups is 1. The van der Waals surface area contributed by atoms with E-state index in [1.165, 1.54) is 0 Å². The Bertz CT molecular complexity index is 339. The van der Waals surface area contributed by atoms with E-state index in [1.807, 2.05) is 31.2 Å². The number of carbonyl (C=O) groups is 1. The molecule has 82 valence electrons. The molecule has 0 radical (unpaired) electrons. The van der Waals surface area contributed by atoms with Gasteiger partial charge in [0.15, 0.2) is 0 Å². The van der Waals surface area contributed by atoms with Crippen LogP contribution in [-0.2, 0) is 11.3 Å². The highest BCUT2D eigenvalue weighted by atomic mass is 16.3. The summed E-state index contributed by atoms with van der Waals surface area (Å²) in [6.45, 7) is 2.34. The normalized spacial score (nSPS) is 12.2. The SMILES string of the molecule is Cc1ccccc1CNC(=O)C(O)CN. The predicted octanol–water partition coefficient (Wildman–Crippen LogP) is -0.0692. The third kappa shape index (κ3) is 3.34. The molecule has 1 atom stereocenters. The maximum atomic E-state index is 11.2. The molecule has 0 aliphatic rings. The predicted molar refractivity (Wildman–Crippen MR) is 58.1 cm³/mol. The van der Waals surface area contributed by atoms with E-state index < -0.39 is 12.0 Å². The molecule has 4 heteroatoms. The highest BCUT2D eigenvalue weighted by Gasteiger charge is 2.11. The van der Waals surface area contributed by atoms with Crippen molar-refractivity contribution in [2.75, 3.05) is 6.54 Å². The van der Waals surface area contributed by atoms with Crippen LogP contribution in [0.3, 0.4) is 0 Å². The van der Waals surface area contributed by atoms with Crippen molar-refractivity contribution < 1.29 is 9.90 Å². The summed E-state index contributed by atoms with van der Waals surface area (Å²) in [5, 5.41) is 11.8. The molecule has 1 aromatic rings. The molecule has 1 aromatic carbocycles. The Morgan fingerprint density at radius 2 is 2.20 bits per heavy atom. The quantitative estimate of drug-likeness (QED) is 0.648. The van der Waals surface area contributed by atoms with Gasteiger partial charge in [0.25, 0.3) is 0 Å². The lowest BCUT2D eigenvalue weighted by Gasteiger charge is -2.10. The second-order valence-electron chi connectivity index (χ2n) is 3.40. The van der Waals surface area contributed by atoms with Crippen molar-refractivity contribution in [2.24, 2.45) is 5.73 Å². The van der Waals surface area contributed by atoms with Crippen molar-refractivity contribution in [1.82, 2.24) is 5.32 Å². The number of carbonyl (C=O) groups excluding carboxylic acids is 1. The summed E-state index contributed by atoms with van der Waals surface area (Å²) in [4.78, 5) is 11.2. The highest BCUT2D eigenvalue weighted by molar-refractivity contribution is 5.80. The second kappa shape index (κ2) is 5.48. The molecular weight excluding hydrogens is 192 g/mol. The zero-order valence-corrected chi connectivity index (χ0v) is 8.73. The molecule has 15 heavy (non-hydrogen) atoms. The number of aliphatic hydroxyl groups excluding tert-OH is 1. The number of nitrogens with one attached hydrogen (secondary N) is 1. The zero-order chi connectivity index (χ0) is 11.3. The third-order valence-corrected chi connectivity index (χ3v) is 2.24. The molecule has 1 amide bonds. The van der Waals surface area contributed by atoms with Crippen molar-refractivity contribution in [3.63, 3.8) is 0 Å². The first-order valence-electron chi connectivity index (χ1n) is 4.85. The van der Waals surface area contributed by atoms with E-state index in [1.54, 1.807) is 0 Å². The highest BCUT2D eigenvalue weighted by Crippen LogP contribution is 2.05. The lowest BCUT2D eigenvalue weighted by atomic mass is 10.1.